The summed E-state index contributed by atoms with van der Waals surface area (Å²) in [5.74, 6) is 0.0658. The molecule has 1 amide bonds. The smallest absolute Gasteiger partial charge is 0.259 e. The SMILES string of the molecule is COc1ccc([C@@H]2CC(=O)C3=C(C2)Nc2ccc(C)cc2N(C(=O)c2ccccc2)[C@@H]3c2ccc(F)cc2)cc1. The second kappa shape index (κ2) is 10.5. The molecule has 6 rings (SSSR count). The van der Waals surface area contributed by atoms with Gasteiger partial charge in [-0.25, -0.2) is 4.39 Å². The van der Waals surface area contributed by atoms with Crippen LogP contribution in [-0.4, -0.2) is 18.8 Å². The van der Waals surface area contributed by atoms with Crippen molar-refractivity contribution in [3.8, 4) is 5.75 Å². The maximum Gasteiger partial charge on any atom is 0.259 e. The lowest BCUT2D eigenvalue weighted by Gasteiger charge is -2.35. The fourth-order valence-electron chi connectivity index (χ4n) is 5.76. The molecular formula is C34H29FN2O3. The summed E-state index contributed by atoms with van der Waals surface area (Å²) in [5, 5.41) is 3.55. The third-order valence-corrected chi connectivity index (χ3v) is 7.75. The molecule has 0 bridgehead atoms. The number of allylic oxidation sites excluding steroid dienone is 1. The maximum atomic E-state index is 14.3. The molecule has 200 valence electrons. The van der Waals surface area contributed by atoms with Gasteiger partial charge in [0.05, 0.1) is 24.5 Å². The van der Waals surface area contributed by atoms with E-state index in [1.54, 1.807) is 36.3 Å². The van der Waals surface area contributed by atoms with E-state index in [1.165, 1.54) is 12.1 Å². The number of hydrogen-bond donors (Lipinski definition) is 1. The largest absolute Gasteiger partial charge is 0.497 e. The molecule has 0 fully saturated rings. The highest BCUT2D eigenvalue weighted by Gasteiger charge is 2.42. The Morgan fingerprint density at radius 2 is 1.60 bits per heavy atom. The zero-order valence-electron chi connectivity index (χ0n) is 22.4. The van der Waals surface area contributed by atoms with E-state index in [2.05, 4.69) is 5.32 Å². The number of anilines is 2. The zero-order chi connectivity index (χ0) is 27.8. The first-order valence-electron chi connectivity index (χ1n) is 13.3. The number of Topliss-reactive ketones (excluding diaryl/α,β-unsaturated/α-hetero) is 1. The molecule has 4 aromatic carbocycles. The number of carbonyl (C=O) groups is 2. The normalized spacial score (nSPS) is 18.4. The Hall–Kier alpha value is -4.71. The van der Waals surface area contributed by atoms with Gasteiger partial charge in [0.1, 0.15) is 11.6 Å². The number of benzene rings is 4. The van der Waals surface area contributed by atoms with E-state index in [0.29, 0.717) is 35.2 Å². The van der Waals surface area contributed by atoms with Crippen LogP contribution in [0.3, 0.4) is 0 Å². The van der Waals surface area contributed by atoms with Gasteiger partial charge in [-0.15, -0.1) is 0 Å². The summed E-state index contributed by atoms with van der Waals surface area (Å²) in [6, 6.07) is 28.1. The predicted molar refractivity (Wildman–Crippen MR) is 154 cm³/mol. The van der Waals surface area contributed by atoms with Crippen molar-refractivity contribution in [1.82, 2.24) is 0 Å². The molecule has 6 heteroatoms. The van der Waals surface area contributed by atoms with Crippen LogP contribution in [0.25, 0.3) is 0 Å². The van der Waals surface area contributed by atoms with Gasteiger partial charge >= 0.3 is 0 Å². The van der Waals surface area contributed by atoms with Crippen LogP contribution < -0.4 is 15.0 Å². The number of carbonyl (C=O) groups excluding carboxylic acids is 2. The number of hydrogen-bond acceptors (Lipinski definition) is 4. The van der Waals surface area contributed by atoms with Crippen LogP contribution in [0, 0.1) is 12.7 Å². The first kappa shape index (κ1) is 25.6. The quantitative estimate of drug-likeness (QED) is 0.298. The van der Waals surface area contributed by atoms with Crippen molar-refractivity contribution in [2.45, 2.75) is 31.7 Å². The molecule has 40 heavy (non-hydrogen) atoms. The number of aryl methyl sites for hydroxylation is 1. The Labute approximate surface area is 232 Å². The van der Waals surface area contributed by atoms with Crippen LogP contribution in [0.1, 0.15) is 51.8 Å². The lowest BCUT2D eigenvalue weighted by molar-refractivity contribution is -0.116. The molecule has 0 unspecified atom stereocenters. The number of ketones is 1. The van der Waals surface area contributed by atoms with Gasteiger partial charge < -0.3 is 10.1 Å². The zero-order valence-corrected chi connectivity index (χ0v) is 22.4. The minimum Gasteiger partial charge on any atom is -0.497 e. The van der Waals surface area contributed by atoms with Crippen LogP contribution in [-0.2, 0) is 4.79 Å². The second-order valence-electron chi connectivity index (χ2n) is 10.3. The van der Waals surface area contributed by atoms with E-state index >= 15 is 0 Å². The summed E-state index contributed by atoms with van der Waals surface area (Å²) >= 11 is 0. The van der Waals surface area contributed by atoms with Crippen LogP contribution in [0.4, 0.5) is 15.8 Å². The highest BCUT2D eigenvalue weighted by Crippen LogP contribution is 2.48. The molecule has 4 aromatic rings. The Morgan fingerprint density at radius 3 is 2.30 bits per heavy atom. The fourth-order valence-corrected chi connectivity index (χ4v) is 5.76. The standard InChI is InChI=1S/C34H29FN2O3/c1-21-8-17-28-30(18-21)37(34(39)24-6-4-3-5-7-24)33(23-9-13-26(35)14-10-23)32-29(36-28)19-25(20-31(32)38)22-11-15-27(40-2)16-12-22/h3-18,25,33,36H,19-20H2,1-2H3/t25-,33+/m0/s1. The molecule has 1 heterocycles. The molecule has 2 atom stereocenters. The van der Waals surface area contributed by atoms with Crippen LogP contribution in [0.5, 0.6) is 5.75 Å². The van der Waals surface area contributed by atoms with Crippen LogP contribution in [0.15, 0.2) is 108 Å². The molecule has 1 N–H and O–H groups in total. The minimum atomic E-state index is -0.733. The Bertz CT molecular complexity index is 1610. The third kappa shape index (κ3) is 4.66. The lowest BCUT2D eigenvalue weighted by Crippen LogP contribution is -2.38. The fraction of sp³-hybridized carbons (Fsp3) is 0.176. The topological polar surface area (TPSA) is 58.6 Å². The Kier molecular flexibility index (Phi) is 6.68. The van der Waals surface area contributed by atoms with E-state index in [9.17, 15) is 14.0 Å². The van der Waals surface area contributed by atoms with Gasteiger partial charge in [0.2, 0.25) is 0 Å². The summed E-state index contributed by atoms with van der Waals surface area (Å²) < 4.78 is 19.4. The molecule has 0 saturated heterocycles. The number of methoxy groups -OCH3 is 1. The lowest BCUT2D eigenvalue weighted by atomic mass is 9.78. The monoisotopic (exact) mass is 532 g/mol. The van der Waals surface area contributed by atoms with Gasteiger partial charge in [-0.2, -0.15) is 0 Å². The van der Waals surface area contributed by atoms with Gasteiger partial charge in [0, 0.05) is 23.3 Å². The van der Waals surface area contributed by atoms with E-state index in [-0.39, 0.29) is 23.4 Å². The van der Waals surface area contributed by atoms with Gasteiger partial charge in [0.25, 0.3) is 5.91 Å². The highest BCUT2D eigenvalue weighted by atomic mass is 19.1. The number of nitrogens with one attached hydrogen (secondary N) is 1. The summed E-state index contributed by atoms with van der Waals surface area (Å²) in [5.41, 5.74) is 5.94. The van der Waals surface area contributed by atoms with Gasteiger partial charge in [-0.1, -0.05) is 48.5 Å². The number of nitrogens with zero attached hydrogens (tertiary/aromatic N) is 1. The van der Waals surface area contributed by atoms with E-state index in [4.69, 9.17) is 4.74 Å². The number of fused-ring (bicyclic) bond motifs is 1. The molecule has 0 spiro atoms. The molecule has 0 aromatic heterocycles. The molecule has 0 saturated carbocycles. The molecule has 5 nitrogen and oxygen atoms in total. The summed E-state index contributed by atoms with van der Waals surface area (Å²) in [7, 11) is 1.63. The summed E-state index contributed by atoms with van der Waals surface area (Å²) in [4.78, 5) is 30.1. The van der Waals surface area contributed by atoms with Crippen LogP contribution >= 0.6 is 0 Å². The summed E-state index contributed by atoms with van der Waals surface area (Å²) in [6.07, 6.45) is 0.888. The van der Waals surface area contributed by atoms with Crippen molar-refractivity contribution in [2.24, 2.45) is 0 Å². The minimum absolute atomic E-state index is 0.0382. The average molecular weight is 533 g/mol. The molecule has 1 aliphatic carbocycles. The maximum absolute atomic E-state index is 14.3. The van der Waals surface area contributed by atoms with Crippen molar-refractivity contribution in [1.29, 1.82) is 0 Å². The predicted octanol–water partition coefficient (Wildman–Crippen LogP) is 7.36. The van der Waals surface area contributed by atoms with Crippen molar-refractivity contribution in [2.75, 3.05) is 17.3 Å². The Morgan fingerprint density at radius 1 is 0.900 bits per heavy atom. The second-order valence-corrected chi connectivity index (χ2v) is 10.3. The van der Waals surface area contributed by atoms with Crippen molar-refractivity contribution < 1.29 is 18.7 Å². The molecule has 2 aliphatic rings. The molecular weight excluding hydrogens is 503 g/mol. The van der Waals surface area contributed by atoms with E-state index in [0.717, 1.165) is 28.3 Å². The highest BCUT2D eigenvalue weighted by molar-refractivity contribution is 6.12. The van der Waals surface area contributed by atoms with Crippen molar-refractivity contribution in [3.05, 3.63) is 136 Å². The van der Waals surface area contributed by atoms with E-state index in [1.807, 2.05) is 67.6 Å². The summed E-state index contributed by atoms with van der Waals surface area (Å²) in [6.45, 7) is 1.97. The number of halogens is 1. The number of amides is 1. The van der Waals surface area contributed by atoms with Crippen molar-refractivity contribution in [3.63, 3.8) is 0 Å². The number of ether oxygens (including phenoxy) is 1. The Balaban J connectivity index is 1.55. The van der Waals surface area contributed by atoms with Gasteiger partial charge in [-0.3, -0.25) is 14.5 Å². The number of rotatable bonds is 4. The average Bonchev–Trinajstić information content (AvgIpc) is 3.12. The first-order valence-corrected chi connectivity index (χ1v) is 13.3. The van der Waals surface area contributed by atoms with Gasteiger partial charge in [0.15, 0.2) is 5.78 Å². The third-order valence-electron chi connectivity index (χ3n) is 7.75. The van der Waals surface area contributed by atoms with E-state index < -0.39 is 6.04 Å². The molecule has 1 aliphatic heterocycles. The van der Waals surface area contributed by atoms with Crippen LogP contribution in [0.2, 0.25) is 0 Å². The van der Waals surface area contributed by atoms with Gasteiger partial charge in [-0.05, 0) is 84.5 Å². The van der Waals surface area contributed by atoms with Crippen molar-refractivity contribution >= 4 is 23.1 Å². The first-order chi connectivity index (χ1) is 19.4. The molecule has 0 radical (unpaired) electrons.